The minimum absolute atomic E-state index is 0.164. The van der Waals surface area contributed by atoms with Crippen LogP contribution in [0, 0.1) is 0 Å². The van der Waals surface area contributed by atoms with E-state index in [1.165, 1.54) is 12.7 Å². The largest absolute Gasteiger partial charge is 0.367 e. The highest BCUT2D eigenvalue weighted by Crippen LogP contribution is 2.19. The third-order valence-electron chi connectivity index (χ3n) is 3.21. The average Bonchev–Trinajstić information content (AvgIpc) is 2.50. The van der Waals surface area contributed by atoms with Gasteiger partial charge in [-0.2, -0.15) is 0 Å². The number of nitrogens with one attached hydrogen (secondary N) is 1. The topological polar surface area (TPSA) is 38.3 Å². The van der Waals surface area contributed by atoms with Gasteiger partial charge in [0.05, 0.1) is 0 Å². The van der Waals surface area contributed by atoms with E-state index in [9.17, 15) is 4.79 Å². The molecule has 3 heteroatoms. The van der Waals surface area contributed by atoms with Gasteiger partial charge < -0.3 is 10.1 Å². The number of carbonyl (C=O) groups excluding carboxylic acids is 1. The summed E-state index contributed by atoms with van der Waals surface area (Å²) in [4.78, 5) is 12.3. The first kappa shape index (κ1) is 14.3. The van der Waals surface area contributed by atoms with Crippen LogP contribution in [0.25, 0.3) is 0 Å². The highest BCUT2D eigenvalue weighted by atomic mass is 16.5. The van der Waals surface area contributed by atoms with Crippen molar-refractivity contribution in [3.8, 4) is 0 Å². The molecule has 0 aliphatic heterocycles. The third kappa shape index (κ3) is 3.45. The molecule has 1 N–H and O–H groups in total. The van der Waals surface area contributed by atoms with E-state index in [1.807, 2.05) is 54.6 Å². The Hall–Kier alpha value is -2.13. The molecule has 3 nitrogen and oxygen atoms in total. The summed E-state index contributed by atoms with van der Waals surface area (Å²) in [5, 5.41) is 2.88. The first-order valence-corrected chi connectivity index (χ1v) is 6.72. The molecular weight excluding hydrogens is 250 g/mol. The maximum Gasteiger partial charge on any atom is 0.258 e. The molecule has 0 radical (unpaired) electrons. The van der Waals surface area contributed by atoms with Crippen LogP contribution in [0.4, 0.5) is 5.69 Å². The van der Waals surface area contributed by atoms with Crippen LogP contribution in [0.3, 0.4) is 0 Å². The highest BCUT2D eigenvalue weighted by molar-refractivity contribution is 5.94. The smallest absolute Gasteiger partial charge is 0.258 e. The molecule has 0 saturated heterocycles. The van der Waals surface area contributed by atoms with Gasteiger partial charge in [0, 0.05) is 12.8 Å². The van der Waals surface area contributed by atoms with E-state index in [0.29, 0.717) is 0 Å². The van der Waals surface area contributed by atoms with E-state index in [1.54, 1.807) is 0 Å². The van der Waals surface area contributed by atoms with Gasteiger partial charge in [0.15, 0.2) is 6.10 Å². The number of carbonyl (C=O) groups is 1. The van der Waals surface area contributed by atoms with Gasteiger partial charge >= 0.3 is 0 Å². The molecule has 104 valence electrons. The maximum atomic E-state index is 12.3. The van der Waals surface area contributed by atoms with Crippen LogP contribution >= 0.6 is 0 Å². The summed E-state index contributed by atoms with van der Waals surface area (Å²) in [5.74, 6) is -0.164. The second-order valence-electron chi connectivity index (χ2n) is 4.57. The zero-order chi connectivity index (χ0) is 14.4. The van der Waals surface area contributed by atoms with Crippen LogP contribution < -0.4 is 5.32 Å². The van der Waals surface area contributed by atoms with Crippen LogP contribution in [0.5, 0.6) is 0 Å². The van der Waals surface area contributed by atoms with E-state index in [-0.39, 0.29) is 5.91 Å². The van der Waals surface area contributed by atoms with Gasteiger partial charge in [-0.1, -0.05) is 49.4 Å². The minimum Gasteiger partial charge on any atom is -0.367 e. The molecule has 2 aromatic carbocycles. The van der Waals surface area contributed by atoms with E-state index in [2.05, 4.69) is 12.2 Å². The lowest BCUT2D eigenvalue weighted by atomic mass is 10.1. The Kier molecular flexibility index (Phi) is 4.91. The van der Waals surface area contributed by atoms with Crippen molar-refractivity contribution in [3.05, 3.63) is 65.7 Å². The predicted octanol–water partition coefficient (Wildman–Crippen LogP) is 3.58. The Labute approximate surface area is 119 Å². The van der Waals surface area contributed by atoms with Gasteiger partial charge in [-0.15, -0.1) is 0 Å². The van der Waals surface area contributed by atoms with Crippen molar-refractivity contribution in [3.63, 3.8) is 0 Å². The molecule has 2 rings (SSSR count). The van der Waals surface area contributed by atoms with E-state index in [0.717, 1.165) is 17.7 Å². The molecule has 0 unspecified atom stereocenters. The molecule has 0 saturated carbocycles. The number of amides is 1. The summed E-state index contributed by atoms with van der Waals surface area (Å²) in [5.41, 5.74) is 2.87. The van der Waals surface area contributed by atoms with Crippen molar-refractivity contribution in [2.75, 3.05) is 12.4 Å². The fourth-order valence-electron chi connectivity index (χ4n) is 2.05. The molecule has 2 aromatic rings. The summed E-state index contributed by atoms with van der Waals surface area (Å²) < 4.78 is 5.30. The van der Waals surface area contributed by atoms with Crippen molar-refractivity contribution in [2.24, 2.45) is 0 Å². The number of benzene rings is 2. The van der Waals surface area contributed by atoms with Crippen molar-refractivity contribution in [1.82, 2.24) is 0 Å². The number of ether oxygens (including phenoxy) is 1. The number of hydrogen-bond donors (Lipinski definition) is 1. The van der Waals surface area contributed by atoms with Gasteiger partial charge in [-0.25, -0.2) is 0 Å². The molecule has 20 heavy (non-hydrogen) atoms. The maximum absolute atomic E-state index is 12.3. The number of hydrogen-bond acceptors (Lipinski definition) is 2. The van der Waals surface area contributed by atoms with Gasteiger partial charge in [0.2, 0.25) is 0 Å². The zero-order valence-corrected chi connectivity index (χ0v) is 11.8. The summed E-state index contributed by atoms with van der Waals surface area (Å²) in [7, 11) is 1.54. The van der Waals surface area contributed by atoms with Crippen LogP contribution in [-0.2, 0) is 16.0 Å². The number of aryl methyl sites for hydroxylation is 1. The third-order valence-corrected chi connectivity index (χ3v) is 3.21. The molecule has 0 spiro atoms. The van der Waals surface area contributed by atoms with Crippen molar-refractivity contribution in [2.45, 2.75) is 19.4 Å². The molecule has 1 amide bonds. The fourth-order valence-corrected chi connectivity index (χ4v) is 2.05. The van der Waals surface area contributed by atoms with Crippen LogP contribution in [-0.4, -0.2) is 13.0 Å². The van der Waals surface area contributed by atoms with Gasteiger partial charge in [-0.3, -0.25) is 4.79 Å². The monoisotopic (exact) mass is 269 g/mol. The summed E-state index contributed by atoms with van der Waals surface area (Å²) in [6.45, 7) is 2.10. The SMILES string of the molecule is CCc1ccc(NC(=O)[C@@H](OC)c2ccccc2)cc1. The summed E-state index contributed by atoms with van der Waals surface area (Å²) >= 11 is 0. The summed E-state index contributed by atoms with van der Waals surface area (Å²) in [6.07, 6.45) is 0.390. The Balaban J connectivity index is 2.09. The lowest BCUT2D eigenvalue weighted by molar-refractivity contribution is -0.126. The molecule has 1 atom stereocenters. The quantitative estimate of drug-likeness (QED) is 0.901. The van der Waals surface area contributed by atoms with E-state index in [4.69, 9.17) is 4.74 Å². The summed E-state index contributed by atoms with van der Waals surface area (Å²) in [6, 6.07) is 17.3. The van der Waals surface area contributed by atoms with Gasteiger partial charge in [-0.05, 0) is 29.7 Å². The molecule has 0 aromatic heterocycles. The number of rotatable bonds is 5. The number of anilines is 1. The van der Waals surface area contributed by atoms with Crippen LogP contribution in [0.15, 0.2) is 54.6 Å². The molecule has 0 fully saturated rings. The van der Waals surface area contributed by atoms with E-state index < -0.39 is 6.10 Å². The molecule has 0 aliphatic rings. The van der Waals surface area contributed by atoms with Crippen LogP contribution in [0.2, 0.25) is 0 Å². The highest BCUT2D eigenvalue weighted by Gasteiger charge is 2.19. The molecule has 0 aliphatic carbocycles. The lowest BCUT2D eigenvalue weighted by Crippen LogP contribution is -2.22. The van der Waals surface area contributed by atoms with Crippen molar-refractivity contribution < 1.29 is 9.53 Å². The Morgan fingerprint density at radius 2 is 1.75 bits per heavy atom. The molecule has 0 bridgehead atoms. The zero-order valence-electron chi connectivity index (χ0n) is 11.8. The second-order valence-corrected chi connectivity index (χ2v) is 4.57. The Bertz CT molecular complexity index is 549. The fraction of sp³-hybridized carbons (Fsp3) is 0.235. The van der Waals surface area contributed by atoms with Crippen molar-refractivity contribution >= 4 is 11.6 Å². The van der Waals surface area contributed by atoms with Crippen LogP contribution in [0.1, 0.15) is 24.2 Å². The average molecular weight is 269 g/mol. The van der Waals surface area contributed by atoms with Gasteiger partial charge in [0.25, 0.3) is 5.91 Å². The predicted molar refractivity (Wildman–Crippen MR) is 80.6 cm³/mol. The number of methoxy groups -OCH3 is 1. The second kappa shape index (κ2) is 6.87. The Morgan fingerprint density at radius 3 is 2.30 bits per heavy atom. The molecular formula is C17H19NO2. The normalized spacial score (nSPS) is 11.9. The first-order chi connectivity index (χ1) is 9.74. The minimum atomic E-state index is -0.595. The van der Waals surface area contributed by atoms with E-state index >= 15 is 0 Å². The Morgan fingerprint density at radius 1 is 1.10 bits per heavy atom. The van der Waals surface area contributed by atoms with Crippen molar-refractivity contribution in [1.29, 1.82) is 0 Å². The molecule has 0 heterocycles. The standard InChI is InChI=1S/C17H19NO2/c1-3-13-9-11-15(12-10-13)18-17(19)16(20-2)14-7-5-4-6-8-14/h4-12,16H,3H2,1-2H3,(H,18,19)/t16-/m0/s1. The van der Waals surface area contributed by atoms with Gasteiger partial charge in [0.1, 0.15) is 0 Å². The first-order valence-electron chi connectivity index (χ1n) is 6.72. The lowest BCUT2D eigenvalue weighted by Gasteiger charge is -2.15.